The summed E-state index contributed by atoms with van der Waals surface area (Å²) in [5, 5.41) is 19.8. The lowest BCUT2D eigenvalue weighted by Gasteiger charge is -2.24. The number of amides is 2. The van der Waals surface area contributed by atoms with E-state index in [0.717, 1.165) is 25.7 Å². The molecule has 0 heterocycles. The molecule has 2 amide bonds. The van der Waals surface area contributed by atoms with Crippen molar-refractivity contribution < 1.29 is 28.9 Å². The number of carbonyl (C=O) groups excluding carboxylic acids is 1. The fraction of sp³-hybridized carbons (Fsp3) is 0.579. The van der Waals surface area contributed by atoms with Crippen LogP contribution in [-0.4, -0.2) is 49.6 Å². The second-order valence-electron chi connectivity index (χ2n) is 7.48. The van der Waals surface area contributed by atoms with E-state index >= 15 is 0 Å². The maximum absolute atomic E-state index is 12.2. The van der Waals surface area contributed by atoms with Crippen LogP contribution in [0.15, 0.2) is 29.2 Å². The summed E-state index contributed by atoms with van der Waals surface area (Å²) in [5.41, 5.74) is -0.795. The largest absolute Gasteiger partial charge is 0.611 e. The first-order valence-corrected chi connectivity index (χ1v) is 10.7. The highest BCUT2D eigenvalue weighted by molar-refractivity contribution is 7.91. The van der Waals surface area contributed by atoms with Crippen LogP contribution in [0, 0.1) is 10.1 Å². The van der Waals surface area contributed by atoms with Crippen molar-refractivity contribution in [3.63, 3.8) is 0 Å². The molecule has 0 aliphatic heterocycles. The Morgan fingerprint density at radius 1 is 1.10 bits per heavy atom. The highest BCUT2D eigenvalue weighted by Gasteiger charge is 2.26. The summed E-state index contributed by atoms with van der Waals surface area (Å²) in [4.78, 5) is 34.5. The number of nitro groups is 1. The molecule has 0 spiro atoms. The molecular formula is C19H28N2O7S. The first-order valence-electron chi connectivity index (χ1n) is 9.37. The number of hydrogen-bond acceptors (Lipinski definition) is 6. The van der Waals surface area contributed by atoms with E-state index in [-0.39, 0.29) is 12.2 Å². The molecular weight excluding hydrogens is 400 g/mol. The Kier molecular flexibility index (Phi) is 9.90. The molecule has 1 aromatic rings. The minimum absolute atomic E-state index is 0.0347. The third kappa shape index (κ3) is 9.62. The minimum Gasteiger partial charge on any atom is -0.611 e. The summed E-state index contributed by atoms with van der Waals surface area (Å²) >= 11 is -1.21. The molecule has 10 heteroatoms. The third-order valence-corrected chi connectivity index (χ3v) is 5.32. The molecule has 1 atom stereocenters. The summed E-state index contributed by atoms with van der Waals surface area (Å²) in [7, 11) is 0. The number of carboxylic acid groups (broad SMARTS) is 1. The first kappa shape index (κ1) is 24.7. The van der Waals surface area contributed by atoms with E-state index in [1.165, 1.54) is 24.3 Å². The second kappa shape index (κ2) is 11.6. The van der Waals surface area contributed by atoms with E-state index in [1.807, 2.05) is 0 Å². The van der Waals surface area contributed by atoms with E-state index in [2.05, 4.69) is 0 Å². The monoisotopic (exact) mass is 428 g/mol. The molecule has 0 aliphatic carbocycles. The van der Waals surface area contributed by atoms with Gasteiger partial charge in [0.1, 0.15) is 11.4 Å². The third-order valence-electron chi connectivity index (χ3n) is 3.87. The van der Waals surface area contributed by atoms with Crippen LogP contribution in [0.4, 0.5) is 15.3 Å². The Labute approximate surface area is 173 Å². The molecule has 0 radical (unpaired) electrons. The molecule has 1 unspecified atom stereocenters. The standard InChI is InChI=1S/C19H28N2O7S/c1-19(2,3)28-18(24)20(17(22)23)13-7-5-4-6-8-14-29(27)16-11-9-15(10-12-16)21(25)26/h9-12H,4-8,13-14H2,1-3H3,(H,22,23). The number of rotatable bonds is 10. The number of nitro benzene ring substituents is 1. The first-order chi connectivity index (χ1) is 13.5. The molecule has 0 saturated heterocycles. The van der Waals surface area contributed by atoms with Crippen LogP contribution in [0.3, 0.4) is 0 Å². The van der Waals surface area contributed by atoms with Gasteiger partial charge in [-0.25, -0.2) is 14.5 Å². The highest BCUT2D eigenvalue weighted by atomic mass is 32.2. The Morgan fingerprint density at radius 2 is 1.66 bits per heavy atom. The number of non-ortho nitro benzene ring substituents is 1. The number of ether oxygens (including phenoxy) is 1. The molecule has 9 nitrogen and oxygen atoms in total. The van der Waals surface area contributed by atoms with Gasteiger partial charge in [0.15, 0.2) is 4.90 Å². The van der Waals surface area contributed by atoms with Crippen molar-refractivity contribution in [2.75, 3.05) is 12.3 Å². The van der Waals surface area contributed by atoms with Crippen LogP contribution in [0.1, 0.15) is 52.9 Å². The maximum atomic E-state index is 12.2. The lowest BCUT2D eigenvalue weighted by atomic mass is 10.1. The normalized spacial score (nSPS) is 12.3. The van der Waals surface area contributed by atoms with Gasteiger partial charge in [0.2, 0.25) is 0 Å². The fourth-order valence-corrected chi connectivity index (χ4v) is 3.59. The quantitative estimate of drug-likeness (QED) is 0.250. The summed E-state index contributed by atoms with van der Waals surface area (Å²) in [6, 6.07) is 5.69. The summed E-state index contributed by atoms with van der Waals surface area (Å²) < 4.78 is 17.3. The number of unbranched alkanes of at least 4 members (excludes halogenated alkanes) is 4. The van der Waals surface area contributed by atoms with Crippen molar-refractivity contribution in [2.45, 2.75) is 63.4 Å². The van der Waals surface area contributed by atoms with Gasteiger partial charge >= 0.3 is 12.2 Å². The Morgan fingerprint density at radius 3 is 2.17 bits per heavy atom. The van der Waals surface area contributed by atoms with Crippen LogP contribution in [0.2, 0.25) is 0 Å². The van der Waals surface area contributed by atoms with Crippen molar-refractivity contribution >= 4 is 29.0 Å². The molecule has 29 heavy (non-hydrogen) atoms. The van der Waals surface area contributed by atoms with Crippen molar-refractivity contribution in [1.82, 2.24) is 4.90 Å². The molecule has 0 aromatic heterocycles. The highest BCUT2D eigenvalue weighted by Crippen LogP contribution is 2.18. The van der Waals surface area contributed by atoms with Gasteiger partial charge in [-0.1, -0.05) is 12.8 Å². The van der Waals surface area contributed by atoms with Crippen LogP contribution in [0.25, 0.3) is 0 Å². The zero-order chi connectivity index (χ0) is 22.0. The zero-order valence-corrected chi connectivity index (χ0v) is 17.8. The van der Waals surface area contributed by atoms with E-state index < -0.39 is 33.9 Å². The lowest BCUT2D eigenvalue weighted by molar-refractivity contribution is -0.384. The number of carbonyl (C=O) groups is 2. The molecule has 1 aromatic carbocycles. The van der Waals surface area contributed by atoms with E-state index in [0.29, 0.717) is 22.0 Å². The lowest BCUT2D eigenvalue weighted by Crippen LogP contribution is -2.40. The van der Waals surface area contributed by atoms with Gasteiger partial charge in [0, 0.05) is 18.7 Å². The van der Waals surface area contributed by atoms with E-state index in [4.69, 9.17) is 9.84 Å². The average molecular weight is 429 g/mol. The zero-order valence-electron chi connectivity index (χ0n) is 17.0. The molecule has 1 rings (SSSR count). The Balaban J connectivity index is 2.26. The van der Waals surface area contributed by atoms with Crippen LogP contribution in [-0.2, 0) is 15.9 Å². The van der Waals surface area contributed by atoms with E-state index in [9.17, 15) is 24.3 Å². The van der Waals surface area contributed by atoms with Gasteiger partial charge in [-0.05, 0) is 63.3 Å². The molecule has 1 N–H and O–H groups in total. The maximum Gasteiger partial charge on any atom is 0.419 e. The topological polar surface area (TPSA) is 133 Å². The molecule has 0 fully saturated rings. The number of nitrogens with zero attached hydrogens (tertiary/aromatic N) is 2. The second-order valence-corrected chi connectivity index (χ2v) is 9.05. The fourth-order valence-electron chi connectivity index (χ4n) is 2.45. The Hall–Kier alpha value is -2.33. The molecule has 0 bridgehead atoms. The van der Waals surface area contributed by atoms with Crippen LogP contribution in [0.5, 0.6) is 0 Å². The van der Waals surface area contributed by atoms with Gasteiger partial charge in [0.25, 0.3) is 5.69 Å². The molecule has 0 saturated carbocycles. The van der Waals surface area contributed by atoms with Crippen molar-refractivity contribution in [3.8, 4) is 0 Å². The smallest absolute Gasteiger partial charge is 0.419 e. The minimum atomic E-state index is -1.34. The molecule has 0 aliphatic rings. The van der Waals surface area contributed by atoms with Crippen LogP contribution < -0.4 is 0 Å². The van der Waals surface area contributed by atoms with Crippen molar-refractivity contribution in [2.24, 2.45) is 0 Å². The number of benzene rings is 1. The van der Waals surface area contributed by atoms with Gasteiger partial charge in [-0.2, -0.15) is 0 Å². The Bertz CT molecular complexity index is 689. The van der Waals surface area contributed by atoms with Gasteiger partial charge in [0.05, 0.1) is 4.92 Å². The van der Waals surface area contributed by atoms with Crippen molar-refractivity contribution in [1.29, 1.82) is 0 Å². The van der Waals surface area contributed by atoms with E-state index in [1.54, 1.807) is 20.8 Å². The predicted molar refractivity (Wildman–Crippen MR) is 108 cm³/mol. The van der Waals surface area contributed by atoms with Gasteiger partial charge < -0.3 is 14.4 Å². The average Bonchev–Trinajstić information content (AvgIpc) is 2.61. The molecule has 162 valence electrons. The van der Waals surface area contributed by atoms with Gasteiger partial charge in [-0.15, -0.1) is 0 Å². The summed E-state index contributed by atoms with van der Waals surface area (Å²) in [6.45, 7) is 5.08. The van der Waals surface area contributed by atoms with Gasteiger partial charge in [-0.3, -0.25) is 10.1 Å². The number of imide groups is 1. The summed E-state index contributed by atoms with van der Waals surface area (Å²) in [6.07, 6.45) is 1.41. The van der Waals surface area contributed by atoms with Crippen LogP contribution >= 0.6 is 0 Å². The van der Waals surface area contributed by atoms with Crippen molar-refractivity contribution in [3.05, 3.63) is 34.4 Å². The predicted octanol–water partition coefficient (Wildman–Crippen LogP) is 4.57. The number of hydrogen-bond donors (Lipinski definition) is 1. The summed E-state index contributed by atoms with van der Waals surface area (Å²) in [5.74, 6) is 0.455. The SMILES string of the molecule is CC(C)(C)OC(=O)N(CCCCCCC[S+]([O-])c1ccc([N+](=O)[O-])cc1)C(=O)O.